The molecular formula is C20H22FNO4. The zero-order chi connectivity index (χ0) is 18.9. The van der Waals surface area contributed by atoms with E-state index in [0.717, 1.165) is 12.0 Å². The van der Waals surface area contributed by atoms with Crippen LogP contribution in [0.5, 0.6) is 17.2 Å². The largest absolute Gasteiger partial charge is 0.494 e. The highest BCUT2D eigenvalue weighted by Gasteiger charge is 2.06. The summed E-state index contributed by atoms with van der Waals surface area (Å²) in [6.07, 6.45) is 3.90. The maximum atomic E-state index is 13.6. The normalized spacial score (nSPS) is 10.6. The van der Waals surface area contributed by atoms with E-state index in [4.69, 9.17) is 14.2 Å². The van der Waals surface area contributed by atoms with E-state index in [0.29, 0.717) is 23.8 Å². The van der Waals surface area contributed by atoms with Crippen molar-refractivity contribution < 1.29 is 23.4 Å². The van der Waals surface area contributed by atoms with Crippen molar-refractivity contribution in [2.24, 2.45) is 0 Å². The molecule has 0 aromatic heterocycles. The Morgan fingerprint density at radius 2 is 1.81 bits per heavy atom. The second-order valence-corrected chi connectivity index (χ2v) is 5.43. The van der Waals surface area contributed by atoms with Crippen molar-refractivity contribution in [3.8, 4) is 17.2 Å². The van der Waals surface area contributed by atoms with E-state index in [2.05, 4.69) is 5.32 Å². The fourth-order valence-electron chi connectivity index (χ4n) is 2.22. The standard InChI is InChI=1S/C20H22FNO4/c1-4-11-26-18-8-5-14(12-19(18)25-3)6-10-20(23)22-15-7-9-17(24-2)16(21)13-15/h5-10,12-13H,4,11H2,1-3H3,(H,22,23)/b10-6+. The van der Waals surface area contributed by atoms with Crippen molar-refractivity contribution in [2.75, 3.05) is 26.1 Å². The van der Waals surface area contributed by atoms with Gasteiger partial charge in [0.25, 0.3) is 0 Å². The molecule has 0 radical (unpaired) electrons. The fourth-order valence-corrected chi connectivity index (χ4v) is 2.22. The van der Waals surface area contributed by atoms with Crippen LogP contribution in [0.15, 0.2) is 42.5 Å². The van der Waals surface area contributed by atoms with Crippen LogP contribution >= 0.6 is 0 Å². The summed E-state index contributed by atoms with van der Waals surface area (Å²) in [5.41, 5.74) is 1.13. The molecule has 0 saturated carbocycles. The van der Waals surface area contributed by atoms with Crippen LogP contribution in [0.4, 0.5) is 10.1 Å². The SMILES string of the molecule is CCCOc1ccc(/C=C/C(=O)Nc2ccc(OC)c(F)c2)cc1OC. The van der Waals surface area contributed by atoms with E-state index in [-0.39, 0.29) is 11.7 Å². The molecule has 5 nitrogen and oxygen atoms in total. The first-order valence-electron chi connectivity index (χ1n) is 8.20. The number of anilines is 1. The summed E-state index contributed by atoms with van der Waals surface area (Å²) in [5, 5.41) is 2.59. The Balaban J connectivity index is 2.04. The van der Waals surface area contributed by atoms with E-state index < -0.39 is 5.82 Å². The third kappa shape index (κ3) is 5.24. The maximum Gasteiger partial charge on any atom is 0.248 e. The molecule has 138 valence electrons. The molecule has 0 atom stereocenters. The Hall–Kier alpha value is -3.02. The minimum atomic E-state index is -0.540. The molecule has 2 rings (SSSR count). The minimum absolute atomic E-state index is 0.121. The Kier molecular flexibility index (Phi) is 7.02. The van der Waals surface area contributed by atoms with Crippen LogP contribution < -0.4 is 19.5 Å². The number of carbonyl (C=O) groups is 1. The Labute approximate surface area is 152 Å². The van der Waals surface area contributed by atoms with E-state index in [1.54, 1.807) is 31.4 Å². The summed E-state index contributed by atoms with van der Waals surface area (Å²) in [6, 6.07) is 9.62. The highest BCUT2D eigenvalue weighted by molar-refractivity contribution is 6.02. The number of rotatable bonds is 8. The van der Waals surface area contributed by atoms with Crippen molar-refractivity contribution >= 4 is 17.7 Å². The molecule has 1 N–H and O–H groups in total. The van der Waals surface area contributed by atoms with Crippen LogP contribution in [0.1, 0.15) is 18.9 Å². The first-order chi connectivity index (χ1) is 12.6. The van der Waals surface area contributed by atoms with Gasteiger partial charge in [-0.25, -0.2) is 4.39 Å². The van der Waals surface area contributed by atoms with Gasteiger partial charge in [0, 0.05) is 17.8 Å². The number of carbonyl (C=O) groups excluding carboxylic acids is 1. The lowest BCUT2D eigenvalue weighted by atomic mass is 10.2. The molecule has 0 aliphatic heterocycles. The molecule has 0 bridgehead atoms. The lowest BCUT2D eigenvalue weighted by Crippen LogP contribution is -2.08. The lowest BCUT2D eigenvalue weighted by Gasteiger charge is -2.10. The summed E-state index contributed by atoms with van der Waals surface area (Å²) in [6.45, 7) is 2.63. The number of benzene rings is 2. The van der Waals surface area contributed by atoms with Gasteiger partial charge in [0.15, 0.2) is 23.1 Å². The predicted molar refractivity (Wildman–Crippen MR) is 99.4 cm³/mol. The zero-order valence-electron chi connectivity index (χ0n) is 15.0. The van der Waals surface area contributed by atoms with Gasteiger partial charge in [-0.3, -0.25) is 4.79 Å². The van der Waals surface area contributed by atoms with Gasteiger partial charge in [-0.1, -0.05) is 13.0 Å². The van der Waals surface area contributed by atoms with Crippen LogP contribution in [0, 0.1) is 5.82 Å². The second kappa shape index (κ2) is 9.46. The van der Waals surface area contributed by atoms with Crippen molar-refractivity contribution in [1.29, 1.82) is 0 Å². The van der Waals surface area contributed by atoms with Crippen molar-refractivity contribution in [3.63, 3.8) is 0 Å². The second-order valence-electron chi connectivity index (χ2n) is 5.43. The summed E-state index contributed by atoms with van der Waals surface area (Å²) >= 11 is 0. The van der Waals surface area contributed by atoms with Crippen molar-refractivity contribution in [2.45, 2.75) is 13.3 Å². The highest BCUT2D eigenvalue weighted by Crippen LogP contribution is 2.28. The Morgan fingerprint density at radius 1 is 1.08 bits per heavy atom. The molecule has 0 aliphatic carbocycles. The Bertz CT molecular complexity index is 789. The fraction of sp³-hybridized carbons (Fsp3) is 0.250. The first-order valence-corrected chi connectivity index (χ1v) is 8.20. The van der Waals surface area contributed by atoms with E-state index in [1.807, 2.05) is 13.0 Å². The monoisotopic (exact) mass is 359 g/mol. The van der Waals surface area contributed by atoms with Gasteiger partial charge in [-0.05, 0) is 42.3 Å². The molecule has 0 aliphatic rings. The maximum absolute atomic E-state index is 13.6. The lowest BCUT2D eigenvalue weighted by molar-refractivity contribution is -0.111. The van der Waals surface area contributed by atoms with Crippen LogP contribution in [0.25, 0.3) is 6.08 Å². The first kappa shape index (κ1) is 19.3. The average Bonchev–Trinajstić information content (AvgIpc) is 2.65. The van der Waals surface area contributed by atoms with Gasteiger partial charge in [-0.2, -0.15) is 0 Å². The molecule has 6 heteroatoms. The molecule has 0 spiro atoms. The summed E-state index contributed by atoms with van der Waals surface area (Å²) in [5.74, 6) is 0.459. The van der Waals surface area contributed by atoms with E-state index in [9.17, 15) is 9.18 Å². The quantitative estimate of drug-likeness (QED) is 0.715. The summed E-state index contributed by atoms with van der Waals surface area (Å²) < 4.78 is 29.4. The van der Waals surface area contributed by atoms with Gasteiger partial charge >= 0.3 is 0 Å². The third-order valence-electron chi connectivity index (χ3n) is 3.50. The van der Waals surface area contributed by atoms with Crippen LogP contribution in [0.3, 0.4) is 0 Å². The number of methoxy groups -OCH3 is 2. The molecular weight excluding hydrogens is 337 g/mol. The Morgan fingerprint density at radius 3 is 2.46 bits per heavy atom. The van der Waals surface area contributed by atoms with Gasteiger partial charge in [-0.15, -0.1) is 0 Å². The molecule has 0 fully saturated rings. The van der Waals surface area contributed by atoms with E-state index >= 15 is 0 Å². The average molecular weight is 359 g/mol. The molecule has 0 heterocycles. The zero-order valence-corrected chi connectivity index (χ0v) is 15.0. The molecule has 2 aromatic carbocycles. The molecule has 2 aromatic rings. The molecule has 1 amide bonds. The topological polar surface area (TPSA) is 56.8 Å². The van der Waals surface area contributed by atoms with Crippen LogP contribution in [-0.2, 0) is 4.79 Å². The number of ether oxygens (including phenoxy) is 3. The van der Waals surface area contributed by atoms with Crippen LogP contribution in [-0.4, -0.2) is 26.7 Å². The molecule has 0 unspecified atom stereocenters. The van der Waals surface area contributed by atoms with Gasteiger partial charge in [0.1, 0.15) is 0 Å². The number of halogens is 1. The van der Waals surface area contributed by atoms with Crippen molar-refractivity contribution in [1.82, 2.24) is 0 Å². The number of nitrogens with one attached hydrogen (secondary N) is 1. The summed E-state index contributed by atoms with van der Waals surface area (Å²) in [7, 11) is 2.94. The molecule has 0 saturated heterocycles. The smallest absolute Gasteiger partial charge is 0.248 e. The van der Waals surface area contributed by atoms with Gasteiger partial charge in [0.05, 0.1) is 20.8 Å². The summed E-state index contributed by atoms with van der Waals surface area (Å²) in [4.78, 5) is 12.0. The highest BCUT2D eigenvalue weighted by atomic mass is 19.1. The third-order valence-corrected chi connectivity index (χ3v) is 3.50. The van der Waals surface area contributed by atoms with Gasteiger partial charge < -0.3 is 19.5 Å². The molecule has 26 heavy (non-hydrogen) atoms. The predicted octanol–water partition coefficient (Wildman–Crippen LogP) is 4.28. The number of hydrogen-bond donors (Lipinski definition) is 1. The van der Waals surface area contributed by atoms with Crippen molar-refractivity contribution in [3.05, 3.63) is 53.9 Å². The van der Waals surface area contributed by atoms with Gasteiger partial charge in [0.2, 0.25) is 5.91 Å². The number of amides is 1. The minimum Gasteiger partial charge on any atom is -0.494 e. The number of hydrogen-bond acceptors (Lipinski definition) is 4. The van der Waals surface area contributed by atoms with Crippen LogP contribution in [0.2, 0.25) is 0 Å². The van der Waals surface area contributed by atoms with E-state index in [1.165, 1.54) is 25.3 Å².